The van der Waals surface area contributed by atoms with Gasteiger partial charge in [0.2, 0.25) is 5.95 Å². The predicted molar refractivity (Wildman–Crippen MR) is 179 cm³/mol. The van der Waals surface area contributed by atoms with Crippen LogP contribution in [0.5, 0.6) is 0 Å². The van der Waals surface area contributed by atoms with Crippen LogP contribution in [0.15, 0.2) is 42.6 Å². The van der Waals surface area contributed by atoms with Crippen molar-refractivity contribution in [1.29, 1.82) is 0 Å². The number of aromatic nitrogens is 4. The van der Waals surface area contributed by atoms with Gasteiger partial charge in [-0.1, -0.05) is 35.3 Å². The quantitative estimate of drug-likeness (QED) is 0.186. The number of imidazole rings is 1. The molecule has 0 unspecified atom stereocenters. The van der Waals surface area contributed by atoms with E-state index in [-0.39, 0.29) is 17.0 Å². The van der Waals surface area contributed by atoms with Gasteiger partial charge in [-0.25, -0.2) is 19.7 Å². The fourth-order valence-electron chi connectivity index (χ4n) is 7.62. The Bertz CT molecular complexity index is 1580. The van der Waals surface area contributed by atoms with Crippen molar-refractivity contribution in [1.82, 2.24) is 24.4 Å². The number of nitrogens with zero attached hydrogens (tertiary/aromatic N) is 5. The Morgan fingerprint density at radius 3 is 2.42 bits per heavy atom. The number of hydrogen-bond donors (Lipinski definition) is 1. The fourth-order valence-corrected chi connectivity index (χ4v) is 7.92. The van der Waals surface area contributed by atoms with Gasteiger partial charge >= 0.3 is 5.97 Å². The van der Waals surface area contributed by atoms with Crippen LogP contribution in [0.3, 0.4) is 0 Å². The van der Waals surface area contributed by atoms with Crippen molar-refractivity contribution < 1.29 is 9.53 Å². The second-order valence-corrected chi connectivity index (χ2v) is 14.6. The second-order valence-electron chi connectivity index (χ2n) is 13.7. The second kappa shape index (κ2) is 12.3. The Morgan fingerprint density at radius 1 is 1.02 bits per heavy atom. The SMILES string of the molecule is C/C=C/C(=O)OC12CCC(Cn3c(C4CCN(C)CC4)nc(-c4ccc(Cl)c(Cl)c4)c3-c3ccnc(NC4CC4)n3)(CC1)CC2. The number of halogens is 2. The van der Waals surface area contributed by atoms with E-state index in [1.165, 1.54) is 6.08 Å². The van der Waals surface area contributed by atoms with Crippen LogP contribution in [0.2, 0.25) is 10.0 Å². The Hall–Kier alpha value is -2.94. The van der Waals surface area contributed by atoms with E-state index in [4.69, 9.17) is 37.9 Å². The molecule has 2 aromatic heterocycles. The number of fused-ring (bicyclic) bond motifs is 3. The minimum absolute atomic E-state index is 0.0987. The number of anilines is 1. The van der Waals surface area contributed by atoms with Crippen molar-refractivity contribution in [2.24, 2.45) is 5.41 Å². The smallest absolute Gasteiger partial charge is 0.330 e. The summed E-state index contributed by atoms with van der Waals surface area (Å²) in [5.74, 6) is 1.90. The molecule has 3 aromatic rings. The molecule has 8 rings (SSSR count). The Morgan fingerprint density at radius 2 is 1.76 bits per heavy atom. The topological polar surface area (TPSA) is 85.2 Å². The number of rotatable bonds is 9. The highest BCUT2D eigenvalue weighted by molar-refractivity contribution is 6.42. The van der Waals surface area contributed by atoms with Crippen LogP contribution in [0, 0.1) is 5.41 Å². The van der Waals surface area contributed by atoms with Crippen molar-refractivity contribution in [2.75, 3.05) is 25.5 Å². The average molecular weight is 650 g/mol. The van der Waals surface area contributed by atoms with E-state index in [2.05, 4.69) is 26.8 Å². The number of carbonyl (C=O) groups excluding carboxylic acids is 1. The molecule has 5 aliphatic rings. The lowest BCUT2D eigenvalue weighted by Crippen LogP contribution is -2.50. The highest BCUT2D eigenvalue weighted by Crippen LogP contribution is 2.55. The molecule has 0 radical (unpaired) electrons. The van der Waals surface area contributed by atoms with Crippen LogP contribution >= 0.6 is 23.2 Å². The molecule has 0 amide bonds. The van der Waals surface area contributed by atoms with E-state index >= 15 is 0 Å². The summed E-state index contributed by atoms with van der Waals surface area (Å²) in [4.78, 5) is 30.0. The third-order valence-corrected chi connectivity index (χ3v) is 11.3. The number of likely N-dealkylation sites (tertiary alicyclic amines) is 1. The summed E-state index contributed by atoms with van der Waals surface area (Å²) in [6.07, 6.45) is 15.3. The summed E-state index contributed by atoms with van der Waals surface area (Å²) in [5.41, 5.74) is 3.45. The zero-order valence-electron chi connectivity index (χ0n) is 26.2. The van der Waals surface area contributed by atoms with E-state index in [0.29, 0.717) is 28.0 Å². The molecule has 2 bridgehead atoms. The van der Waals surface area contributed by atoms with Gasteiger partial charge in [0, 0.05) is 36.3 Å². The van der Waals surface area contributed by atoms with Crippen LogP contribution < -0.4 is 5.32 Å². The largest absolute Gasteiger partial charge is 0.456 e. The molecule has 8 nitrogen and oxygen atoms in total. The number of nitrogens with one attached hydrogen (secondary N) is 1. The molecule has 3 heterocycles. The average Bonchev–Trinajstić information content (AvgIpc) is 3.78. The van der Waals surface area contributed by atoms with Crippen LogP contribution in [-0.2, 0) is 16.1 Å². The highest BCUT2D eigenvalue weighted by Gasteiger charge is 2.51. The van der Waals surface area contributed by atoms with Gasteiger partial charge in [-0.3, -0.25) is 0 Å². The highest BCUT2D eigenvalue weighted by atomic mass is 35.5. The zero-order chi connectivity index (χ0) is 31.2. The lowest BCUT2D eigenvalue weighted by molar-refractivity contribution is -0.172. The number of carbonyl (C=O) groups is 1. The van der Waals surface area contributed by atoms with Gasteiger partial charge in [0.1, 0.15) is 11.4 Å². The van der Waals surface area contributed by atoms with E-state index in [1.54, 1.807) is 6.08 Å². The maximum atomic E-state index is 12.4. The van der Waals surface area contributed by atoms with Crippen LogP contribution in [0.25, 0.3) is 22.6 Å². The number of hydrogen-bond acceptors (Lipinski definition) is 7. The van der Waals surface area contributed by atoms with Gasteiger partial charge in [-0.05, 0) is 115 Å². The summed E-state index contributed by atoms with van der Waals surface area (Å²) in [7, 11) is 2.20. The first-order valence-corrected chi connectivity index (χ1v) is 17.2. The molecule has 238 valence electrons. The number of esters is 1. The first-order chi connectivity index (χ1) is 21.8. The Labute approximate surface area is 275 Å². The van der Waals surface area contributed by atoms with Gasteiger partial charge in [-0.2, -0.15) is 0 Å². The minimum Gasteiger partial charge on any atom is -0.456 e. The van der Waals surface area contributed by atoms with Crippen molar-refractivity contribution in [3.8, 4) is 22.6 Å². The molecule has 10 heteroatoms. The Kier molecular flexibility index (Phi) is 8.42. The molecular formula is C35H42Cl2N6O2. The molecule has 5 fully saturated rings. The summed E-state index contributed by atoms with van der Waals surface area (Å²) < 4.78 is 8.56. The minimum atomic E-state index is -0.339. The first-order valence-electron chi connectivity index (χ1n) is 16.5. The molecule has 4 aliphatic carbocycles. The molecule has 1 aliphatic heterocycles. The van der Waals surface area contributed by atoms with Crippen LogP contribution in [0.4, 0.5) is 5.95 Å². The summed E-state index contributed by atoms with van der Waals surface area (Å²) in [6, 6.07) is 8.25. The number of piperidine rings is 1. The summed E-state index contributed by atoms with van der Waals surface area (Å²) in [5, 5.41) is 4.52. The summed E-state index contributed by atoms with van der Waals surface area (Å²) >= 11 is 13.0. The van der Waals surface area contributed by atoms with E-state index in [1.807, 2.05) is 37.4 Å². The van der Waals surface area contributed by atoms with Crippen LogP contribution in [0.1, 0.15) is 82.9 Å². The molecule has 0 atom stereocenters. The first kappa shape index (κ1) is 30.7. The van der Waals surface area contributed by atoms with Crippen molar-refractivity contribution >= 4 is 35.1 Å². The molecule has 45 heavy (non-hydrogen) atoms. The van der Waals surface area contributed by atoms with Gasteiger partial charge in [0.15, 0.2) is 0 Å². The maximum Gasteiger partial charge on any atom is 0.330 e. The standard InChI is InChI=1S/C35H42Cl2N6O2/c1-3-4-29(44)45-35-15-12-34(13-16-35,14-17-35)22-43-31(28-9-18-38-33(40-28)39-25-6-7-25)30(24-5-8-26(36)27(37)21-24)41-32(43)23-10-19-42(2)20-11-23/h3-5,8-9,18,21,23,25H,6-7,10-17,19-20,22H2,1-2H3,(H,38,39,40)/b4-3+. The van der Waals surface area contributed by atoms with Gasteiger partial charge in [0.05, 0.1) is 27.1 Å². The van der Waals surface area contributed by atoms with Crippen molar-refractivity contribution in [3.63, 3.8) is 0 Å². The number of allylic oxidation sites excluding steroid dienone is 1. The molecule has 1 aromatic carbocycles. The lowest BCUT2D eigenvalue weighted by Gasteiger charge is -2.53. The van der Waals surface area contributed by atoms with Gasteiger partial charge in [0.25, 0.3) is 0 Å². The van der Waals surface area contributed by atoms with E-state index in [9.17, 15) is 4.79 Å². The van der Waals surface area contributed by atoms with Gasteiger partial charge in [-0.15, -0.1) is 0 Å². The fraction of sp³-hybridized carbons (Fsp3) is 0.543. The van der Waals surface area contributed by atoms with Crippen molar-refractivity contribution in [2.45, 2.75) is 95.2 Å². The van der Waals surface area contributed by atoms with E-state index < -0.39 is 0 Å². The monoisotopic (exact) mass is 648 g/mol. The molecule has 1 saturated heterocycles. The third kappa shape index (κ3) is 6.38. The lowest BCUT2D eigenvalue weighted by atomic mass is 9.58. The molecule has 1 N–H and O–H groups in total. The molecule has 0 spiro atoms. The number of benzene rings is 1. The van der Waals surface area contributed by atoms with Gasteiger partial charge < -0.3 is 19.5 Å². The number of ether oxygens (including phenoxy) is 1. The van der Waals surface area contributed by atoms with Crippen LogP contribution in [-0.4, -0.2) is 62.2 Å². The zero-order valence-corrected chi connectivity index (χ0v) is 27.7. The van der Waals surface area contributed by atoms with E-state index in [0.717, 1.165) is 112 Å². The maximum absolute atomic E-state index is 12.4. The predicted octanol–water partition coefficient (Wildman–Crippen LogP) is 7.91. The third-order valence-electron chi connectivity index (χ3n) is 10.5. The normalized spacial score (nSPS) is 25.6. The molecular weight excluding hydrogens is 607 g/mol. The Balaban J connectivity index is 1.32. The van der Waals surface area contributed by atoms with Crippen molar-refractivity contribution in [3.05, 3.63) is 58.5 Å². The summed E-state index contributed by atoms with van der Waals surface area (Å²) in [6.45, 7) is 4.80. The molecule has 4 saturated carbocycles.